The minimum atomic E-state index is -0.924. The lowest BCUT2D eigenvalue weighted by Crippen LogP contribution is -2.26. The monoisotopic (exact) mass is 330 g/mol. The molecule has 0 spiro atoms. The normalized spacial score (nSPS) is 31.7. The van der Waals surface area contributed by atoms with E-state index in [1.807, 2.05) is 18.2 Å². The number of carbonyl (C=O) groups excluding carboxylic acids is 1. The fourth-order valence-electron chi connectivity index (χ4n) is 3.28. The zero-order valence-corrected chi connectivity index (χ0v) is 14.5. The second-order valence-electron chi connectivity index (χ2n) is 7.04. The van der Waals surface area contributed by atoms with Crippen molar-refractivity contribution in [3.63, 3.8) is 0 Å². The third-order valence-electron chi connectivity index (χ3n) is 5.44. The van der Waals surface area contributed by atoms with Crippen LogP contribution in [0.5, 0.6) is 0 Å². The molecule has 1 heterocycles. The number of carboxylic acid groups (broad SMARTS) is 1. The molecule has 4 heteroatoms. The van der Waals surface area contributed by atoms with Gasteiger partial charge in [0.1, 0.15) is 6.61 Å². The molecule has 0 radical (unpaired) electrons. The summed E-state index contributed by atoms with van der Waals surface area (Å²) in [7, 11) is 0. The predicted octanol–water partition coefficient (Wildman–Crippen LogP) is 4.20. The molecule has 1 aliphatic carbocycles. The van der Waals surface area contributed by atoms with Crippen LogP contribution in [0.1, 0.15) is 46.0 Å². The second-order valence-corrected chi connectivity index (χ2v) is 7.04. The number of cyclic esters (lactones) is 1. The fraction of sp³-hybridized carbons (Fsp3) is 0.500. The number of carboxylic acids is 1. The predicted molar refractivity (Wildman–Crippen MR) is 93.4 cm³/mol. The number of aliphatic carboxylic acids is 1. The van der Waals surface area contributed by atoms with Crippen LogP contribution >= 0.6 is 0 Å². The van der Waals surface area contributed by atoms with Crippen molar-refractivity contribution in [2.24, 2.45) is 11.3 Å². The van der Waals surface area contributed by atoms with E-state index in [9.17, 15) is 14.7 Å². The number of hydrogen-bond donors (Lipinski definition) is 1. The summed E-state index contributed by atoms with van der Waals surface area (Å²) in [5.41, 5.74) is 1.79. The third kappa shape index (κ3) is 4.25. The van der Waals surface area contributed by atoms with Gasteiger partial charge in [0.05, 0.1) is 5.57 Å². The first-order chi connectivity index (χ1) is 11.3. The fourth-order valence-corrected chi connectivity index (χ4v) is 3.28. The molecule has 0 saturated heterocycles. The zero-order chi connectivity index (χ0) is 17.7. The summed E-state index contributed by atoms with van der Waals surface area (Å²) < 4.78 is 4.97. The Bertz CT molecular complexity index is 624. The van der Waals surface area contributed by atoms with Gasteiger partial charge in [0.25, 0.3) is 0 Å². The van der Waals surface area contributed by atoms with E-state index in [-0.39, 0.29) is 11.4 Å². The number of ether oxygens (including phenoxy) is 1. The van der Waals surface area contributed by atoms with Crippen LogP contribution in [0.3, 0.4) is 0 Å². The van der Waals surface area contributed by atoms with Gasteiger partial charge in [0, 0.05) is 5.57 Å². The Morgan fingerprint density at radius 2 is 2.25 bits per heavy atom. The van der Waals surface area contributed by atoms with E-state index in [1.54, 1.807) is 6.08 Å². The van der Waals surface area contributed by atoms with E-state index in [0.717, 1.165) is 31.3 Å². The molecule has 4 nitrogen and oxygen atoms in total. The molecule has 0 aromatic carbocycles. The highest BCUT2D eigenvalue weighted by molar-refractivity contribution is 5.92. The lowest BCUT2D eigenvalue weighted by molar-refractivity contribution is -0.136. The third-order valence-corrected chi connectivity index (χ3v) is 5.44. The van der Waals surface area contributed by atoms with Gasteiger partial charge in [-0.15, -0.1) is 0 Å². The van der Waals surface area contributed by atoms with E-state index in [4.69, 9.17) is 4.74 Å². The maximum atomic E-state index is 11.6. The van der Waals surface area contributed by atoms with Crippen LogP contribution in [0.15, 0.2) is 47.6 Å². The van der Waals surface area contributed by atoms with Crippen molar-refractivity contribution >= 4 is 11.9 Å². The van der Waals surface area contributed by atoms with E-state index in [1.165, 1.54) is 0 Å². The Labute approximate surface area is 143 Å². The van der Waals surface area contributed by atoms with E-state index in [2.05, 4.69) is 20.4 Å². The molecule has 2 rings (SSSR count). The van der Waals surface area contributed by atoms with Gasteiger partial charge in [-0.05, 0) is 61.2 Å². The highest BCUT2D eigenvalue weighted by Crippen LogP contribution is 2.41. The number of hydrogen-bond acceptors (Lipinski definition) is 3. The molecule has 24 heavy (non-hydrogen) atoms. The van der Waals surface area contributed by atoms with Crippen molar-refractivity contribution in [3.8, 4) is 0 Å². The maximum absolute atomic E-state index is 11.6. The highest BCUT2D eigenvalue weighted by Gasteiger charge is 2.31. The molecule has 1 aliphatic heterocycles. The van der Waals surface area contributed by atoms with Crippen molar-refractivity contribution in [1.82, 2.24) is 0 Å². The standard InChI is InChI=1S/C20H26O4/c1-14-7-8-15(2)20(3,11-5-4-6-17(14)18(21)22)12-9-16-10-13-24-19(16)23/h4-6,10,15H,1,7-9,11-13H2,2-3H3,(H,21,22)/b5-4-,17-6+/t15-,20-/m1/s1. The van der Waals surface area contributed by atoms with Crippen LogP contribution in [-0.4, -0.2) is 23.7 Å². The summed E-state index contributed by atoms with van der Waals surface area (Å²) in [6, 6.07) is 0. The Morgan fingerprint density at radius 1 is 1.50 bits per heavy atom. The molecular formula is C20H26O4. The van der Waals surface area contributed by atoms with Crippen LogP contribution < -0.4 is 0 Å². The van der Waals surface area contributed by atoms with Crippen LogP contribution in [-0.2, 0) is 14.3 Å². The Kier molecular flexibility index (Phi) is 5.81. The van der Waals surface area contributed by atoms with Crippen LogP contribution in [0.25, 0.3) is 0 Å². The molecule has 0 unspecified atom stereocenters. The molecule has 2 aliphatic rings. The van der Waals surface area contributed by atoms with Crippen molar-refractivity contribution in [2.45, 2.75) is 46.0 Å². The number of esters is 1. The Hall–Kier alpha value is -2.10. The first-order valence-electron chi connectivity index (χ1n) is 8.48. The highest BCUT2D eigenvalue weighted by atomic mass is 16.5. The van der Waals surface area contributed by atoms with Gasteiger partial charge in [-0.3, -0.25) is 0 Å². The number of allylic oxidation sites excluding steroid dienone is 3. The first kappa shape index (κ1) is 18.2. The molecule has 130 valence electrons. The van der Waals surface area contributed by atoms with Gasteiger partial charge in [-0.2, -0.15) is 0 Å². The van der Waals surface area contributed by atoms with Crippen LogP contribution in [0, 0.1) is 11.3 Å². The molecule has 2 atom stereocenters. The Morgan fingerprint density at radius 3 is 2.88 bits per heavy atom. The lowest BCUT2D eigenvalue weighted by atomic mass is 9.69. The average molecular weight is 330 g/mol. The lowest BCUT2D eigenvalue weighted by Gasteiger charge is -2.36. The summed E-state index contributed by atoms with van der Waals surface area (Å²) in [5, 5.41) is 9.27. The maximum Gasteiger partial charge on any atom is 0.335 e. The molecule has 0 amide bonds. The number of rotatable bonds is 4. The van der Waals surface area contributed by atoms with Crippen LogP contribution in [0.2, 0.25) is 0 Å². The molecular weight excluding hydrogens is 304 g/mol. The molecule has 1 N–H and O–H groups in total. The second kappa shape index (κ2) is 7.65. The van der Waals surface area contributed by atoms with Crippen LogP contribution in [0.4, 0.5) is 0 Å². The van der Waals surface area contributed by atoms with E-state index < -0.39 is 5.97 Å². The molecule has 0 aromatic rings. The SMILES string of the molecule is C=C1CC[C@@H](C)[C@@](C)(CCC2=CCOC2=O)C/C=C\C=C/1C(=O)O. The van der Waals surface area contributed by atoms with E-state index >= 15 is 0 Å². The summed E-state index contributed by atoms with van der Waals surface area (Å²) in [5.74, 6) is -0.721. The smallest absolute Gasteiger partial charge is 0.335 e. The molecule has 0 aromatic heterocycles. The van der Waals surface area contributed by atoms with Crippen molar-refractivity contribution in [3.05, 3.63) is 47.6 Å². The summed E-state index contributed by atoms with van der Waals surface area (Å²) >= 11 is 0. The average Bonchev–Trinajstić information content (AvgIpc) is 2.94. The summed E-state index contributed by atoms with van der Waals surface area (Å²) in [4.78, 5) is 22.9. The zero-order valence-electron chi connectivity index (χ0n) is 14.5. The van der Waals surface area contributed by atoms with Gasteiger partial charge >= 0.3 is 11.9 Å². The van der Waals surface area contributed by atoms with Gasteiger partial charge in [-0.1, -0.05) is 32.6 Å². The van der Waals surface area contributed by atoms with Crippen molar-refractivity contribution < 1.29 is 19.4 Å². The first-order valence-corrected chi connectivity index (χ1v) is 8.48. The largest absolute Gasteiger partial charge is 0.478 e. The van der Waals surface area contributed by atoms with Gasteiger partial charge < -0.3 is 9.84 Å². The number of carbonyl (C=O) groups is 2. The van der Waals surface area contributed by atoms with Crippen molar-refractivity contribution in [1.29, 1.82) is 0 Å². The minimum Gasteiger partial charge on any atom is -0.478 e. The van der Waals surface area contributed by atoms with Gasteiger partial charge in [0.2, 0.25) is 0 Å². The van der Waals surface area contributed by atoms with Gasteiger partial charge in [0.15, 0.2) is 0 Å². The van der Waals surface area contributed by atoms with Gasteiger partial charge in [-0.25, -0.2) is 9.59 Å². The summed E-state index contributed by atoms with van der Waals surface area (Å²) in [6.45, 7) is 8.78. The summed E-state index contributed by atoms with van der Waals surface area (Å²) in [6.07, 6.45) is 11.4. The molecule has 0 bridgehead atoms. The quantitative estimate of drug-likeness (QED) is 0.785. The topological polar surface area (TPSA) is 63.6 Å². The van der Waals surface area contributed by atoms with Crippen molar-refractivity contribution in [2.75, 3.05) is 6.61 Å². The Balaban J connectivity index is 2.13. The molecule has 0 saturated carbocycles. The molecule has 0 fully saturated rings. The van der Waals surface area contributed by atoms with E-state index in [0.29, 0.717) is 30.1 Å². The minimum absolute atomic E-state index is 0.0507.